The lowest BCUT2D eigenvalue weighted by atomic mass is 9.31. The number of piperidine rings is 2. The van der Waals surface area contributed by atoms with Crippen LogP contribution in [-0.2, 0) is 26.3 Å². The Balaban J connectivity index is 1.26. The number of ether oxygens (including phenoxy) is 2. The van der Waals surface area contributed by atoms with E-state index in [1.54, 1.807) is 0 Å². The van der Waals surface area contributed by atoms with E-state index >= 15 is 4.79 Å². The maximum absolute atomic E-state index is 15.3. The molecule has 12 rings (SSSR count). The molecule has 3 saturated heterocycles. The highest BCUT2D eigenvalue weighted by atomic mass is 16.6. The molecular formula is C48H67N3O4. The van der Waals surface area contributed by atoms with Gasteiger partial charge in [-0.1, -0.05) is 89.8 Å². The summed E-state index contributed by atoms with van der Waals surface area (Å²) in [4.78, 5) is 35.4. The fourth-order valence-electron chi connectivity index (χ4n) is 13.7. The van der Waals surface area contributed by atoms with Crippen LogP contribution in [0.3, 0.4) is 0 Å². The van der Waals surface area contributed by atoms with Crippen molar-refractivity contribution >= 4 is 11.9 Å². The smallest absolute Gasteiger partial charge is 0.339 e. The molecule has 298 valence electrons. The van der Waals surface area contributed by atoms with E-state index < -0.39 is 16.4 Å². The Morgan fingerprint density at radius 1 is 1.00 bits per heavy atom. The molecule has 1 aromatic rings. The highest BCUT2D eigenvalue weighted by Crippen LogP contribution is 2.85. The van der Waals surface area contributed by atoms with Crippen LogP contribution in [0.15, 0.2) is 53.5 Å². The van der Waals surface area contributed by atoms with Gasteiger partial charge in [-0.3, -0.25) is 9.69 Å². The van der Waals surface area contributed by atoms with Crippen molar-refractivity contribution in [2.45, 2.75) is 130 Å². The van der Waals surface area contributed by atoms with E-state index in [1.165, 1.54) is 17.7 Å². The molecule has 2 N–H and O–H groups in total. The topological polar surface area (TPSA) is 85.1 Å². The average Bonchev–Trinajstić information content (AvgIpc) is 3.61. The van der Waals surface area contributed by atoms with Crippen molar-refractivity contribution in [1.82, 2.24) is 9.80 Å². The van der Waals surface area contributed by atoms with Crippen LogP contribution in [-0.4, -0.2) is 60.5 Å². The van der Waals surface area contributed by atoms with Gasteiger partial charge in [0.05, 0.1) is 11.0 Å². The molecule has 4 fully saturated rings. The minimum Gasteiger partial charge on any atom is -0.449 e. The van der Waals surface area contributed by atoms with E-state index in [1.807, 2.05) is 0 Å². The SMILES string of the molecule is CCCC1CC=C2OC(=O)C34C=C(CCC23C2(OC(=O)c3c(CCCN)cccc32)C4CC(C)CCC(C)C)C2CC(C)CC=C2N2CC3CC(C2)CN1C3. The van der Waals surface area contributed by atoms with Crippen LogP contribution in [0.4, 0.5) is 0 Å². The zero-order valence-electron chi connectivity index (χ0n) is 34.4. The van der Waals surface area contributed by atoms with E-state index in [2.05, 4.69) is 80.8 Å². The Bertz CT molecular complexity index is 1780. The normalized spacial score (nSPS) is 39.0. The van der Waals surface area contributed by atoms with E-state index in [4.69, 9.17) is 15.2 Å². The van der Waals surface area contributed by atoms with Gasteiger partial charge in [-0.25, -0.2) is 4.79 Å². The van der Waals surface area contributed by atoms with Crippen molar-refractivity contribution < 1.29 is 19.1 Å². The number of nitrogens with two attached hydrogens (primary N) is 1. The second kappa shape index (κ2) is 14.2. The van der Waals surface area contributed by atoms with Crippen LogP contribution in [0.1, 0.15) is 133 Å². The van der Waals surface area contributed by atoms with Gasteiger partial charge in [0.2, 0.25) is 0 Å². The number of hydrogen-bond donors (Lipinski definition) is 1. The lowest BCUT2D eigenvalue weighted by Gasteiger charge is -2.69. The van der Waals surface area contributed by atoms with E-state index in [-0.39, 0.29) is 17.9 Å². The van der Waals surface area contributed by atoms with Crippen LogP contribution in [0.25, 0.3) is 0 Å². The molecule has 7 nitrogen and oxygen atoms in total. The summed E-state index contributed by atoms with van der Waals surface area (Å²) in [6, 6.07) is 6.77. The minimum atomic E-state index is -0.960. The predicted octanol–water partition coefficient (Wildman–Crippen LogP) is 8.93. The summed E-state index contributed by atoms with van der Waals surface area (Å²) in [6.07, 6.45) is 20.3. The number of allylic oxidation sites excluding steroid dienone is 2. The second-order valence-electron chi connectivity index (χ2n) is 19.9. The second-order valence-corrected chi connectivity index (χ2v) is 19.9. The Morgan fingerprint density at radius 2 is 1.80 bits per heavy atom. The highest BCUT2D eigenvalue weighted by molar-refractivity contribution is 5.99. The van der Waals surface area contributed by atoms with Crippen molar-refractivity contribution in [3.8, 4) is 0 Å². The fraction of sp³-hybridized carbons (Fsp3) is 0.708. The molecule has 8 aliphatic heterocycles. The van der Waals surface area contributed by atoms with Crippen molar-refractivity contribution in [3.05, 3.63) is 70.1 Å². The first-order chi connectivity index (χ1) is 26.6. The molecule has 7 heteroatoms. The molecule has 1 aromatic carbocycles. The summed E-state index contributed by atoms with van der Waals surface area (Å²) < 4.78 is 13.9. The third-order valence-corrected chi connectivity index (χ3v) is 15.9. The number of carbonyl (C=O) groups excluding carboxylic acids is 2. The number of esters is 2. The van der Waals surface area contributed by atoms with Gasteiger partial charge in [-0.2, -0.15) is 0 Å². The van der Waals surface area contributed by atoms with Crippen molar-refractivity contribution in [3.63, 3.8) is 0 Å². The maximum atomic E-state index is 15.3. The van der Waals surface area contributed by atoms with Gasteiger partial charge in [-0.05, 0) is 112 Å². The molecule has 11 aliphatic rings. The monoisotopic (exact) mass is 750 g/mol. The summed E-state index contributed by atoms with van der Waals surface area (Å²) in [5.41, 5.74) is 9.09. The largest absolute Gasteiger partial charge is 0.449 e. The van der Waals surface area contributed by atoms with Crippen LogP contribution in [0.2, 0.25) is 0 Å². The van der Waals surface area contributed by atoms with Gasteiger partial charge < -0.3 is 20.1 Å². The number of carbonyl (C=O) groups is 2. The van der Waals surface area contributed by atoms with E-state index in [0.717, 1.165) is 126 Å². The van der Waals surface area contributed by atoms with Gasteiger partial charge in [0.1, 0.15) is 11.2 Å². The summed E-state index contributed by atoms with van der Waals surface area (Å²) in [5, 5.41) is 0. The Labute approximate surface area is 330 Å². The van der Waals surface area contributed by atoms with Gasteiger partial charge >= 0.3 is 11.9 Å². The van der Waals surface area contributed by atoms with Crippen LogP contribution in [0.5, 0.6) is 0 Å². The minimum absolute atomic E-state index is 0.109. The molecule has 55 heavy (non-hydrogen) atoms. The molecule has 3 aliphatic carbocycles. The third kappa shape index (κ3) is 5.54. The van der Waals surface area contributed by atoms with E-state index in [0.29, 0.717) is 48.1 Å². The van der Waals surface area contributed by atoms with Crippen LogP contribution in [0, 0.1) is 52.3 Å². The summed E-state index contributed by atoms with van der Waals surface area (Å²) in [5.74, 6) is 3.46. The first-order valence-corrected chi connectivity index (χ1v) is 22.5. The van der Waals surface area contributed by atoms with Crippen LogP contribution < -0.4 is 5.73 Å². The van der Waals surface area contributed by atoms with Gasteiger partial charge in [0.25, 0.3) is 0 Å². The Kier molecular flexibility index (Phi) is 9.71. The molecule has 8 bridgehead atoms. The lowest BCUT2D eigenvalue weighted by molar-refractivity contribution is -0.274. The maximum Gasteiger partial charge on any atom is 0.339 e. The standard InChI is InChI=1S/C48H67N3O4/c1-6-9-37-16-18-42-47-20-19-36(38-22-31(4)15-17-40(38)51-28-33-24-34(29-51)27-50(37)26-33)25-46(47,45(53)54-42)41(23-32(5)14-13-30(2)3)48(47)39-12-7-10-35(11-8-21-49)43(39)44(52)55-48/h7,10,12,17-18,25,30-34,37-38,41H,6,8-9,11,13-16,19-24,26-29,49H2,1-5H3. The lowest BCUT2D eigenvalue weighted by Crippen LogP contribution is -2.75. The van der Waals surface area contributed by atoms with Gasteiger partial charge in [0.15, 0.2) is 5.60 Å². The first-order valence-electron chi connectivity index (χ1n) is 22.5. The molecule has 10 atom stereocenters. The number of nitrogens with zero attached hydrogens (tertiary/aromatic N) is 2. The molecule has 0 amide bonds. The summed E-state index contributed by atoms with van der Waals surface area (Å²) >= 11 is 0. The predicted molar refractivity (Wildman–Crippen MR) is 217 cm³/mol. The van der Waals surface area contributed by atoms with E-state index in [9.17, 15) is 4.79 Å². The van der Waals surface area contributed by atoms with Crippen molar-refractivity contribution in [2.75, 3.05) is 32.7 Å². The van der Waals surface area contributed by atoms with Crippen molar-refractivity contribution in [2.24, 2.45) is 58.0 Å². The molecule has 2 spiro atoms. The van der Waals surface area contributed by atoms with Crippen LogP contribution >= 0.6 is 0 Å². The number of fused-ring (bicyclic) bond motifs is 2. The molecule has 10 unspecified atom stereocenters. The molecule has 0 radical (unpaired) electrons. The third-order valence-electron chi connectivity index (χ3n) is 15.9. The number of hydrogen-bond acceptors (Lipinski definition) is 7. The van der Waals surface area contributed by atoms with Gasteiger partial charge in [-0.15, -0.1) is 0 Å². The quantitative estimate of drug-likeness (QED) is 0.189. The fourth-order valence-corrected chi connectivity index (χ4v) is 13.7. The molecule has 1 saturated carbocycles. The molecule has 0 aromatic heterocycles. The number of aryl methyl sites for hydroxylation is 1. The Morgan fingerprint density at radius 3 is 2.55 bits per heavy atom. The Hall–Kier alpha value is -2.90. The van der Waals surface area contributed by atoms with Gasteiger partial charge in [0, 0.05) is 55.3 Å². The summed E-state index contributed by atoms with van der Waals surface area (Å²) in [7, 11) is 0. The molecule has 8 heterocycles. The number of rotatable bonds is 10. The van der Waals surface area contributed by atoms with Crippen molar-refractivity contribution in [1.29, 1.82) is 0 Å². The number of benzene rings is 1. The first kappa shape index (κ1) is 37.7. The molecular weight excluding hydrogens is 683 g/mol. The summed E-state index contributed by atoms with van der Waals surface area (Å²) in [6.45, 7) is 16.8. The average molecular weight is 750 g/mol. The highest BCUT2D eigenvalue weighted by Gasteiger charge is 2.91. The zero-order valence-corrected chi connectivity index (χ0v) is 34.4. The zero-order chi connectivity index (χ0) is 38.3.